The molecule has 0 radical (unpaired) electrons. The number of carbonyl (C=O) groups excluding carboxylic acids is 1. The molecule has 4 nitrogen and oxygen atoms in total. The van der Waals surface area contributed by atoms with Crippen molar-refractivity contribution in [3.63, 3.8) is 0 Å². The highest BCUT2D eigenvalue weighted by Gasteiger charge is 2.30. The molecule has 0 saturated heterocycles. The zero-order chi connectivity index (χ0) is 16.3. The van der Waals surface area contributed by atoms with Gasteiger partial charge < -0.3 is 15.2 Å². The molecule has 0 heterocycles. The summed E-state index contributed by atoms with van der Waals surface area (Å²) in [5.74, 6) is -2.04. The number of amides is 1. The standard InChI is InChI=1S/C11H9F6NO3/c12-10(13,14)4-20-6-1-2-8(7(3-6)9(18)19)21-5-11(15,16)17/h1-3H,4-5H2,(H2,18,19). The Morgan fingerprint density at radius 3 is 2.00 bits per heavy atom. The Bertz CT molecular complexity index is 512. The second-order valence-corrected chi connectivity index (χ2v) is 3.83. The van der Waals surface area contributed by atoms with E-state index in [1.165, 1.54) is 0 Å². The lowest BCUT2D eigenvalue weighted by atomic mass is 10.2. The summed E-state index contributed by atoms with van der Waals surface area (Å²) >= 11 is 0. The van der Waals surface area contributed by atoms with Crippen LogP contribution in [0.25, 0.3) is 0 Å². The molecule has 0 aromatic heterocycles. The van der Waals surface area contributed by atoms with E-state index < -0.39 is 42.8 Å². The van der Waals surface area contributed by atoms with Crippen molar-refractivity contribution >= 4 is 5.91 Å². The van der Waals surface area contributed by atoms with Crippen molar-refractivity contribution in [2.75, 3.05) is 13.2 Å². The summed E-state index contributed by atoms with van der Waals surface area (Å²) in [6.07, 6.45) is -9.24. The van der Waals surface area contributed by atoms with Crippen LogP contribution in [-0.4, -0.2) is 31.5 Å². The zero-order valence-electron chi connectivity index (χ0n) is 10.2. The first kappa shape index (κ1) is 16.9. The molecule has 1 rings (SSSR count). The predicted octanol–water partition coefficient (Wildman–Crippen LogP) is 2.67. The number of primary amides is 1. The summed E-state index contributed by atoms with van der Waals surface area (Å²) in [5.41, 5.74) is 4.41. The molecule has 2 N–H and O–H groups in total. The first-order valence-electron chi connectivity index (χ1n) is 5.31. The van der Waals surface area contributed by atoms with E-state index >= 15 is 0 Å². The monoisotopic (exact) mass is 317 g/mol. The van der Waals surface area contributed by atoms with Gasteiger partial charge in [0.15, 0.2) is 13.2 Å². The van der Waals surface area contributed by atoms with Crippen LogP contribution in [0.1, 0.15) is 10.4 Å². The molecule has 0 saturated carbocycles. The van der Waals surface area contributed by atoms with Crippen molar-refractivity contribution in [3.05, 3.63) is 23.8 Å². The summed E-state index contributed by atoms with van der Waals surface area (Å²) < 4.78 is 80.7. The van der Waals surface area contributed by atoms with Crippen LogP contribution in [0.15, 0.2) is 18.2 Å². The molecule has 118 valence electrons. The molecule has 0 aliphatic carbocycles. The van der Waals surface area contributed by atoms with E-state index in [-0.39, 0.29) is 5.75 Å². The van der Waals surface area contributed by atoms with Crippen LogP contribution in [-0.2, 0) is 0 Å². The fraction of sp³-hybridized carbons (Fsp3) is 0.364. The lowest BCUT2D eigenvalue weighted by Gasteiger charge is -2.14. The number of hydrogen-bond acceptors (Lipinski definition) is 3. The first-order chi connectivity index (χ1) is 9.48. The molecule has 1 aromatic carbocycles. The van der Waals surface area contributed by atoms with E-state index in [9.17, 15) is 31.1 Å². The Morgan fingerprint density at radius 1 is 1.00 bits per heavy atom. The number of halogens is 6. The van der Waals surface area contributed by atoms with Crippen LogP contribution in [0, 0.1) is 0 Å². The fourth-order valence-corrected chi connectivity index (χ4v) is 1.24. The number of rotatable bonds is 5. The van der Waals surface area contributed by atoms with Crippen LogP contribution in [0.5, 0.6) is 11.5 Å². The highest BCUT2D eigenvalue weighted by Crippen LogP contribution is 2.27. The van der Waals surface area contributed by atoms with Gasteiger partial charge in [0.25, 0.3) is 5.91 Å². The van der Waals surface area contributed by atoms with E-state index in [2.05, 4.69) is 9.47 Å². The van der Waals surface area contributed by atoms with Crippen molar-refractivity contribution in [3.8, 4) is 11.5 Å². The maximum absolute atomic E-state index is 12.0. The lowest BCUT2D eigenvalue weighted by Crippen LogP contribution is -2.22. The Balaban J connectivity index is 2.89. The molecular formula is C11H9F6NO3. The normalized spacial score (nSPS) is 12.1. The predicted molar refractivity (Wildman–Crippen MR) is 58.1 cm³/mol. The highest BCUT2D eigenvalue weighted by molar-refractivity contribution is 5.96. The second-order valence-electron chi connectivity index (χ2n) is 3.83. The molecule has 0 aliphatic heterocycles. The van der Waals surface area contributed by atoms with Crippen molar-refractivity contribution in [1.29, 1.82) is 0 Å². The van der Waals surface area contributed by atoms with E-state index in [1.54, 1.807) is 0 Å². The summed E-state index contributed by atoms with van der Waals surface area (Å²) in [4.78, 5) is 11.1. The SMILES string of the molecule is NC(=O)c1cc(OCC(F)(F)F)ccc1OCC(F)(F)F. The molecule has 0 atom stereocenters. The third-order valence-electron chi connectivity index (χ3n) is 2.01. The number of hydrogen-bond donors (Lipinski definition) is 1. The third-order valence-corrected chi connectivity index (χ3v) is 2.01. The van der Waals surface area contributed by atoms with Gasteiger partial charge in [-0.3, -0.25) is 4.79 Å². The van der Waals surface area contributed by atoms with Crippen LogP contribution >= 0.6 is 0 Å². The minimum absolute atomic E-state index is 0.375. The zero-order valence-corrected chi connectivity index (χ0v) is 10.2. The van der Waals surface area contributed by atoms with Gasteiger partial charge in [0.05, 0.1) is 5.56 Å². The maximum atomic E-state index is 12.0. The van der Waals surface area contributed by atoms with Crippen LogP contribution < -0.4 is 15.2 Å². The minimum atomic E-state index is -4.64. The van der Waals surface area contributed by atoms with Crippen molar-refractivity contribution < 1.29 is 40.6 Å². The Kier molecular flexibility index (Phi) is 4.92. The second kappa shape index (κ2) is 6.10. The van der Waals surface area contributed by atoms with Crippen LogP contribution in [0.4, 0.5) is 26.3 Å². The molecule has 0 unspecified atom stereocenters. The van der Waals surface area contributed by atoms with Crippen molar-refractivity contribution in [2.45, 2.75) is 12.4 Å². The van der Waals surface area contributed by atoms with Gasteiger partial charge in [0.1, 0.15) is 11.5 Å². The Morgan fingerprint density at radius 2 is 1.52 bits per heavy atom. The van der Waals surface area contributed by atoms with Gasteiger partial charge in [0.2, 0.25) is 0 Å². The molecule has 1 amide bonds. The summed E-state index contributed by atoms with van der Waals surface area (Å²) in [7, 11) is 0. The van der Waals surface area contributed by atoms with Crippen molar-refractivity contribution in [1.82, 2.24) is 0 Å². The van der Waals surface area contributed by atoms with Crippen molar-refractivity contribution in [2.24, 2.45) is 5.73 Å². The van der Waals surface area contributed by atoms with Gasteiger partial charge >= 0.3 is 12.4 Å². The molecule has 0 bridgehead atoms. The van der Waals surface area contributed by atoms with Crippen LogP contribution in [0.2, 0.25) is 0 Å². The van der Waals surface area contributed by atoms with Gasteiger partial charge in [-0.1, -0.05) is 0 Å². The van der Waals surface area contributed by atoms with Gasteiger partial charge in [-0.05, 0) is 18.2 Å². The third kappa shape index (κ3) is 6.23. The highest BCUT2D eigenvalue weighted by atomic mass is 19.4. The van der Waals surface area contributed by atoms with E-state index in [1.807, 2.05) is 0 Å². The van der Waals surface area contributed by atoms with Gasteiger partial charge in [-0.25, -0.2) is 0 Å². The Hall–Kier alpha value is -2.13. The smallest absolute Gasteiger partial charge is 0.422 e. The topological polar surface area (TPSA) is 61.6 Å². The van der Waals surface area contributed by atoms with Gasteiger partial charge in [-0.2, -0.15) is 26.3 Å². The summed E-state index contributed by atoms with van der Waals surface area (Å²) in [6, 6.07) is 2.58. The molecule has 0 spiro atoms. The van der Waals surface area contributed by atoms with E-state index in [4.69, 9.17) is 5.73 Å². The Labute approximate surface area is 114 Å². The molecular weight excluding hydrogens is 308 g/mol. The van der Waals surface area contributed by atoms with Gasteiger partial charge in [0, 0.05) is 0 Å². The quantitative estimate of drug-likeness (QED) is 0.849. The van der Waals surface area contributed by atoms with E-state index in [0.717, 1.165) is 18.2 Å². The van der Waals surface area contributed by atoms with Gasteiger partial charge in [-0.15, -0.1) is 0 Å². The lowest BCUT2D eigenvalue weighted by molar-refractivity contribution is -0.154. The average Bonchev–Trinajstić information content (AvgIpc) is 2.32. The number of nitrogens with two attached hydrogens (primary N) is 1. The molecule has 0 aliphatic rings. The molecule has 10 heteroatoms. The average molecular weight is 317 g/mol. The molecule has 0 fully saturated rings. The first-order valence-corrected chi connectivity index (χ1v) is 5.31. The minimum Gasteiger partial charge on any atom is -0.484 e. The largest absolute Gasteiger partial charge is 0.484 e. The molecule has 21 heavy (non-hydrogen) atoms. The number of ether oxygens (including phenoxy) is 2. The number of carbonyl (C=O) groups is 1. The van der Waals surface area contributed by atoms with Crippen LogP contribution in [0.3, 0.4) is 0 Å². The fourth-order valence-electron chi connectivity index (χ4n) is 1.24. The summed E-state index contributed by atoms with van der Waals surface area (Å²) in [6.45, 7) is -3.29. The number of alkyl halides is 6. The number of benzene rings is 1. The molecule has 1 aromatic rings. The van der Waals surface area contributed by atoms with E-state index in [0.29, 0.717) is 0 Å². The summed E-state index contributed by atoms with van der Waals surface area (Å²) in [5, 5.41) is 0. The maximum Gasteiger partial charge on any atom is 0.422 e.